The van der Waals surface area contributed by atoms with Crippen LogP contribution in [-0.2, 0) is 0 Å². The van der Waals surface area contributed by atoms with Crippen molar-refractivity contribution in [3.8, 4) is 11.4 Å². The number of aromatic nitrogens is 2. The highest BCUT2D eigenvalue weighted by atomic mass is 16.3. The molecule has 0 amide bonds. The highest BCUT2D eigenvalue weighted by Gasteiger charge is 2.10. The van der Waals surface area contributed by atoms with Crippen LogP contribution in [-0.4, -0.2) is 21.9 Å². The molecule has 1 heterocycles. The second-order valence-electron chi connectivity index (χ2n) is 3.70. The van der Waals surface area contributed by atoms with Gasteiger partial charge in [0, 0.05) is 18.3 Å². The van der Waals surface area contributed by atoms with Gasteiger partial charge in [-0.15, -0.1) is 0 Å². The molecule has 1 aromatic carbocycles. The molecule has 0 saturated carbocycles. The first kappa shape index (κ1) is 10.7. The van der Waals surface area contributed by atoms with Crippen molar-refractivity contribution in [2.24, 2.45) is 0 Å². The number of rotatable bonds is 3. The van der Waals surface area contributed by atoms with Crippen molar-refractivity contribution >= 4 is 0 Å². The van der Waals surface area contributed by atoms with Crippen molar-refractivity contribution in [2.45, 2.75) is 13.0 Å². The Labute approximate surface area is 94.5 Å². The largest absolute Gasteiger partial charge is 0.508 e. The molecule has 0 aliphatic rings. The number of hydrogen-bond donors (Lipinski definition) is 2. The Bertz CT molecular complexity index is 479. The fourth-order valence-corrected chi connectivity index (χ4v) is 1.63. The molecule has 4 heteroatoms. The van der Waals surface area contributed by atoms with E-state index in [0.29, 0.717) is 0 Å². The maximum Gasteiger partial charge on any atom is 0.117 e. The first-order chi connectivity index (χ1) is 7.72. The van der Waals surface area contributed by atoms with E-state index in [-0.39, 0.29) is 11.8 Å². The summed E-state index contributed by atoms with van der Waals surface area (Å²) < 4.78 is 1.82. The molecule has 0 aliphatic heterocycles. The average Bonchev–Trinajstić information content (AvgIpc) is 2.77. The Balaban J connectivity index is 2.44. The lowest BCUT2D eigenvalue weighted by molar-refractivity contribution is 0.474. The number of phenols is 1. The number of benzene rings is 1. The predicted octanol–water partition coefficient (Wildman–Crippen LogP) is 1.86. The summed E-state index contributed by atoms with van der Waals surface area (Å²) in [4.78, 5) is 0. The summed E-state index contributed by atoms with van der Waals surface area (Å²) in [6.45, 7) is 2.07. The van der Waals surface area contributed by atoms with E-state index in [4.69, 9.17) is 0 Å². The molecule has 0 spiro atoms. The smallest absolute Gasteiger partial charge is 0.117 e. The van der Waals surface area contributed by atoms with Crippen LogP contribution in [0.3, 0.4) is 0 Å². The normalized spacial score (nSPS) is 12.6. The van der Waals surface area contributed by atoms with Gasteiger partial charge in [-0.1, -0.05) is 6.07 Å². The molecule has 2 aromatic rings. The summed E-state index contributed by atoms with van der Waals surface area (Å²) in [5, 5.41) is 16.9. The van der Waals surface area contributed by atoms with E-state index in [1.54, 1.807) is 24.4 Å². The van der Waals surface area contributed by atoms with E-state index in [0.717, 1.165) is 11.4 Å². The number of hydrogen-bond acceptors (Lipinski definition) is 3. The van der Waals surface area contributed by atoms with E-state index in [9.17, 15) is 5.11 Å². The molecule has 0 fully saturated rings. The summed E-state index contributed by atoms with van der Waals surface area (Å²) in [7, 11) is 1.91. The molecule has 1 atom stereocenters. The SMILES string of the molecule is CNC(C)c1ccnn1-c1cccc(O)c1. The Morgan fingerprint density at radius 2 is 2.19 bits per heavy atom. The van der Waals surface area contributed by atoms with Gasteiger partial charge >= 0.3 is 0 Å². The van der Waals surface area contributed by atoms with Crippen LogP contribution in [0.25, 0.3) is 5.69 Å². The number of nitrogens with one attached hydrogen (secondary N) is 1. The summed E-state index contributed by atoms with van der Waals surface area (Å²) >= 11 is 0. The molecule has 0 radical (unpaired) electrons. The van der Waals surface area contributed by atoms with Gasteiger partial charge in [-0.2, -0.15) is 5.10 Å². The minimum Gasteiger partial charge on any atom is -0.508 e. The highest BCUT2D eigenvalue weighted by Crippen LogP contribution is 2.19. The van der Waals surface area contributed by atoms with Gasteiger partial charge in [0.15, 0.2) is 0 Å². The minimum absolute atomic E-state index is 0.213. The maximum atomic E-state index is 9.44. The molecule has 1 unspecified atom stereocenters. The first-order valence-corrected chi connectivity index (χ1v) is 5.23. The van der Waals surface area contributed by atoms with Crippen LogP contribution < -0.4 is 5.32 Å². The lowest BCUT2D eigenvalue weighted by Crippen LogP contribution is -2.16. The van der Waals surface area contributed by atoms with E-state index >= 15 is 0 Å². The summed E-state index contributed by atoms with van der Waals surface area (Å²) in [5.41, 5.74) is 1.93. The maximum absolute atomic E-state index is 9.44. The molecule has 2 rings (SSSR count). The van der Waals surface area contributed by atoms with E-state index in [1.807, 2.05) is 23.9 Å². The molecule has 4 nitrogen and oxygen atoms in total. The minimum atomic E-state index is 0.213. The van der Waals surface area contributed by atoms with Gasteiger partial charge in [0.25, 0.3) is 0 Å². The van der Waals surface area contributed by atoms with Crippen molar-refractivity contribution < 1.29 is 5.11 Å². The molecular formula is C12H15N3O. The second-order valence-corrected chi connectivity index (χ2v) is 3.70. The third-order valence-corrected chi connectivity index (χ3v) is 2.62. The standard InChI is InChI=1S/C12H15N3O/c1-9(13-2)12-6-7-14-15(12)10-4-3-5-11(16)8-10/h3-9,13,16H,1-2H3. The number of aromatic hydroxyl groups is 1. The lowest BCUT2D eigenvalue weighted by Gasteiger charge is -2.13. The zero-order valence-electron chi connectivity index (χ0n) is 9.38. The third kappa shape index (κ3) is 1.92. The van der Waals surface area contributed by atoms with Crippen LogP contribution in [0.4, 0.5) is 0 Å². The molecular weight excluding hydrogens is 202 g/mol. The third-order valence-electron chi connectivity index (χ3n) is 2.62. The Morgan fingerprint density at radius 3 is 2.88 bits per heavy atom. The van der Waals surface area contributed by atoms with Gasteiger partial charge in [0.05, 0.1) is 11.4 Å². The van der Waals surface area contributed by atoms with Gasteiger partial charge in [0.2, 0.25) is 0 Å². The summed E-state index contributed by atoms with van der Waals surface area (Å²) in [5.74, 6) is 0.246. The predicted molar refractivity (Wildman–Crippen MR) is 62.7 cm³/mol. The van der Waals surface area contributed by atoms with E-state index < -0.39 is 0 Å². The van der Waals surface area contributed by atoms with Crippen LogP contribution in [0, 0.1) is 0 Å². The van der Waals surface area contributed by atoms with Crippen molar-refractivity contribution in [3.63, 3.8) is 0 Å². The van der Waals surface area contributed by atoms with Gasteiger partial charge in [-0.25, -0.2) is 4.68 Å². The fraction of sp³-hybridized carbons (Fsp3) is 0.250. The van der Waals surface area contributed by atoms with Crippen LogP contribution in [0.5, 0.6) is 5.75 Å². The van der Waals surface area contributed by atoms with E-state index in [1.165, 1.54) is 0 Å². The zero-order valence-corrected chi connectivity index (χ0v) is 9.38. The summed E-state index contributed by atoms with van der Waals surface area (Å²) in [6, 6.07) is 9.24. The number of phenolic OH excluding ortho intramolecular Hbond substituents is 1. The van der Waals surface area contributed by atoms with Gasteiger partial charge in [-0.05, 0) is 32.2 Å². The number of nitrogens with zero attached hydrogens (tertiary/aromatic N) is 2. The van der Waals surface area contributed by atoms with Crippen LogP contribution in [0.1, 0.15) is 18.7 Å². The van der Waals surface area contributed by atoms with Crippen LogP contribution in [0.15, 0.2) is 36.5 Å². The second kappa shape index (κ2) is 4.37. The van der Waals surface area contributed by atoms with Crippen molar-refractivity contribution in [3.05, 3.63) is 42.2 Å². The Hall–Kier alpha value is -1.81. The van der Waals surface area contributed by atoms with Crippen LogP contribution >= 0.6 is 0 Å². The average molecular weight is 217 g/mol. The molecule has 16 heavy (non-hydrogen) atoms. The zero-order chi connectivity index (χ0) is 11.5. The Morgan fingerprint density at radius 1 is 1.38 bits per heavy atom. The van der Waals surface area contributed by atoms with Crippen molar-refractivity contribution in [1.82, 2.24) is 15.1 Å². The van der Waals surface area contributed by atoms with Crippen molar-refractivity contribution in [1.29, 1.82) is 0 Å². The molecule has 1 aromatic heterocycles. The topological polar surface area (TPSA) is 50.1 Å². The fourth-order valence-electron chi connectivity index (χ4n) is 1.63. The monoisotopic (exact) mass is 217 g/mol. The van der Waals surface area contributed by atoms with Gasteiger partial charge < -0.3 is 10.4 Å². The highest BCUT2D eigenvalue weighted by molar-refractivity contribution is 5.39. The van der Waals surface area contributed by atoms with Crippen molar-refractivity contribution in [2.75, 3.05) is 7.05 Å². The first-order valence-electron chi connectivity index (χ1n) is 5.23. The molecule has 84 valence electrons. The Kier molecular flexibility index (Phi) is 2.92. The lowest BCUT2D eigenvalue weighted by atomic mass is 10.2. The molecule has 0 saturated heterocycles. The quantitative estimate of drug-likeness (QED) is 0.825. The van der Waals surface area contributed by atoms with Gasteiger partial charge in [-0.3, -0.25) is 0 Å². The summed E-state index contributed by atoms with van der Waals surface area (Å²) in [6.07, 6.45) is 1.76. The molecule has 0 aliphatic carbocycles. The van der Waals surface area contributed by atoms with Crippen LogP contribution in [0.2, 0.25) is 0 Å². The van der Waals surface area contributed by atoms with Gasteiger partial charge in [0.1, 0.15) is 5.75 Å². The van der Waals surface area contributed by atoms with E-state index in [2.05, 4.69) is 17.3 Å². The molecule has 0 bridgehead atoms. The molecule has 2 N–H and O–H groups in total.